The van der Waals surface area contributed by atoms with E-state index in [1.165, 1.54) is 11.3 Å². The van der Waals surface area contributed by atoms with Crippen molar-refractivity contribution in [3.05, 3.63) is 29.7 Å². The highest BCUT2D eigenvalue weighted by Crippen LogP contribution is 2.23. The zero-order valence-electron chi connectivity index (χ0n) is 12.0. The zero-order chi connectivity index (χ0) is 15.1. The number of aromatic nitrogens is 1. The van der Waals surface area contributed by atoms with Crippen molar-refractivity contribution in [3.63, 3.8) is 0 Å². The maximum atomic E-state index is 12.1. The van der Waals surface area contributed by atoms with Gasteiger partial charge in [0.05, 0.1) is 6.26 Å². The number of carbonyl (C=O) groups is 1. The Kier molecular flexibility index (Phi) is 5.95. The Bertz CT molecular complexity index is 545. The highest BCUT2D eigenvalue weighted by molar-refractivity contribution is 7.13. The second kappa shape index (κ2) is 7.95. The molecule has 1 amide bonds. The number of nitrogens with one attached hydrogen (secondary N) is 1. The molecule has 0 saturated carbocycles. The predicted octanol–water partition coefficient (Wildman–Crippen LogP) is 2.93. The summed E-state index contributed by atoms with van der Waals surface area (Å²) in [6.07, 6.45) is 5.95. The monoisotopic (exact) mass is 308 g/mol. The second-order valence-electron chi connectivity index (χ2n) is 4.93. The number of aliphatic hydroxyl groups is 1. The highest BCUT2D eigenvalue weighted by Gasteiger charge is 2.14. The Morgan fingerprint density at radius 3 is 3.05 bits per heavy atom. The summed E-state index contributed by atoms with van der Waals surface area (Å²) in [6.45, 7) is 2.83. The average molecular weight is 308 g/mol. The molecule has 2 aromatic rings. The molecule has 1 unspecified atom stereocenters. The minimum atomic E-state index is -0.167. The van der Waals surface area contributed by atoms with Gasteiger partial charge in [-0.3, -0.25) is 4.79 Å². The van der Waals surface area contributed by atoms with Crippen LogP contribution in [0.5, 0.6) is 0 Å². The maximum absolute atomic E-state index is 12.1. The number of hydrogen-bond acceptors (Lipinski definition) is 5. The summed E-state index contributed by atoms with van der Waals surface area (Å²) in [5, 5.41) is 14.4. The highest BCUT2D eigenvalue weighted by atomic mass is 32.1. The number of carbonyl (C=O) groups excluding carboxylic acids is 1. The quantitative estimate of drug-likeness (QED) is 0.786. The Morgan fingerprint density at radius 1 is 1.52 bits per heavy atom. The lowest BCUT2D eigenvalue weighted by molar-refractivity contribution is 0.0938. The molecule has 0 saturated heterocycles. The van der Waals surface area contributed by atoms with Gasteiger partial charge in [0.25, 0.3) is 5.91 Å². The molecule has 0 radical (unpaired) electrons. The Labute approximate surface area is 128 Å². The van der Waals surface area contributed by atoms with Gasteiger partial charge in [-0.1, -0.05) is 13.3 Å². The Morgan fingerprint density at radius 2 is 2.38 bits per heavy atom. The van der Waals surface area contributed by atoms with E-state index in [1.807, 2.05) is 6.07 Å². The zero-order valence-corrected chi connectivity index (χ0v) is 12.9. The van der Waals surface area contributed by atoms with E-state index in [9.17, 15) is 4.79 Å². The van der Waals surface area contributed by atoms with Crippen LogP contribution < -0.4 is 5.32 Å². The van der Waals surface area contributed by atoms with Gasteiger partial charge in [-0.25, -0.2) is 4.98 Å². The first-order chi connectivity index (χ1) is 10.2. The second-order valence-corrected chi connectivity index (χ2v) is 5.79. The largest absolute Gasteiger partial charge is 0.472 e. The topological polar surface area (TPSA) is 75.4 Å². The number of rotatable bonds is 8. The van der Waals surface area contributed by atoms with Crippen LogP contribution in [0.3, 0.4) is 0 Å². The number of furan rings is 1. The fraction of sp³-hybridized carbons (Fsp3) is 0.467. The van der Waals surface area contributed by atoms with Crippen molar-refractivity contribution < 1.29 is 14.3 Å². The maximum Gasteiger partial charge on any atom is 0.270 e. The first kappa shape index (κ1) is 15.7. The average Bonchev–Trinajstić information content (AvgIpc) is 3.15. The van der Waals surface area contributed by atoms with E-state index in [2.05, 4.69) is 17.2 Å². The lowest BCUT2D eigenvalue weighted by Gasteiger charge is -2.14. The Hall–Kier alpha value is -1.66. The number of aliphatic hydroxyl groups excluding tert-OH is 1. The van der Waals surface area contributed by atoms with Crippen LogP contribution in [0.25, 0.3) is 10.6 Å². The molecule has 0 aliphatic rings. The molecule has 0 bridgehead atoms. The van der Waals surface area contributed by atoms with Gasteiger partial charge in [0.2, 0.25) is 0 Å². The minimum Gasteiger partial charge on any atom is -0.472 e. The van der Waals surface area contributed by atoms with Crippen molar-refractivity contribution in [2.75, 3.05) is 13.2 Å². The third kappa shape index (κ3) is 4.41. The normalized spacial score (nSPS) is 12.3. The summed E-state index contributed by atoms with van der Waals surface area (Å²) in [7, 11) is 0. The first-order valence-electron chi connectivity index (χ1n) is 7.11. The van der Waals surface area contributed by atoms with Crippen LogP contribution in [0.4, 0.5) is 0 Å². The number of hydrogen-bond donors (Lipinski definition) is 2. The molecule has 114 valence electrons. The Balaban J connectivity index is 1.91. The summed E-state index contributed by atoms with van der Waals surface area (Å²) in [4.78, 5) is 16.4. The van der Waals surface area contributed by atoms with Gasteiger partial charge in [0, 0.05) is 24.1 Å². The molecule has 0 aromatic carbocycles. The van der Waals surface area contributed by atoms with Crippen molar-refractivity contribution in [2.24, 2.45) is 5.92 Å². The van der Waals surface area contributed by atoms with E-state index < -0.39 is 0 Å². The van der Waals surface area contributed by atoms with E-state index in [0.717, 1.165) is 23.4 Å². The summed E-state index contributed by atoms with van der Waals surface area (Å²) in [6, 6.07) is 1.82. The molecular weight excluding hydrogens is 288 g/mol. The molecule has 5 nitrogen and oxygen atoms in total. The van der Waals surface area contributed by atoms with E-state index in [0.29, 0.717) is 24.6 Å². The van der Waals surface area contributed by atoms with Crippen LogP contribution >= 0.6 is 11.3 Å². The van der Waals surface area contributed by atoms with Crippen molar-refractivity contribution in [1.29, 1.82) is 0 Å². The van der Waals surface area contributed by atoms with Crippen molar-refractivity contribution in [2.45, 2.75) is 26.2 Å². The van der Waals surface area contributed by atoms with Gasteiger partial charge in [-0.15, -0.1) is 11.3 Å². The standard InChI is InChI=1S/C15H20N2O3S/c1-2-3-11(4-6-18)8-16-14(19)13-10-21-15(17-13)12-5-7-20-9-12/h5,7,9-11,18H,2-4,6,8H2,1H3,(H,16,19). The third-order valence-corrected chi connectivity index (χ3v) is 4.18. The smallest absolute Gasteiger partial charge is 0.270 e. The molecule has 6 heteroatoms. The predicted molar refractivity (Wildman–Crippen MR) is 82.3 cm³/mol. The van der Waals surface area contributed by atoms with E-state index in [-0.39, 0.29) is 12.5 Å². The van der Waals surface area contributed by atoms with E-state index >= 15 is 0 Å². The van der Waals surface area contributed by atoms with Gasteiger partial charge in [0.15, 0.2) is 0 Å². The third-order valence-electron chi connectivity index (χ3n) is 3.29. The van der Waals surface area contributed by atoms with Crippen molar-refractivity contribution >= 4 is 17.2 Å². The lowest BCUT2D eigenvalue weighted by Crippen LogP contribution is -2.30. The van der Waals surface area contributed by atoms with Crippen LogP contribution in [-0.4, -0.2) is 29.1 Å². The van der Waals surface area contributed by atoms with Gasteiger partial charge in [0.1, 0.15) is 17.0 Å². The molecule has 0 aliphatic heterocycles. The molecule has 0 fully saturated rings. The van der Waals surface area contributed by atoms with E-state index in [1.54, 1.807) is 17.9 Å². The molecule has 2 aromatic heterocycles. The number of thiazole rings is 1. The molecule has 2 heterocycles. The molecular formula is C15H20N2O3S. The van der Waals surface area contributed by atoms with Gasteiger partial charge < -0.3 is 14.8 Å². The minimum absolute atomic E-state index is 0.155. The van der Waals surface area contributed by atoms with Crippen LogP contribution in [0.15, 0.2) is 28.4 Å². The summed E-state index contributed by atoms with van der Waals surface area (Å²) in [5.41, 5.74) is 1.30. The molecule has 1 atom stereocenters. The summed E-state index contributed by atoms with van der Waals surface area (Å²) >= 11 is 1.42. The van der Waals surface area contributed by atoms with Crippen LogP contribution in [0.2, 0.25) is 0 Å². The van der Waals surface area contributed by atoms with Crippen LogP contribution in [-0.2, 0) is 0 Å². The van der Waals surface area contributed by atoms with Crippen molar-refractivity contribution in [3.8, 4) is 10.6 Å². The summed E-state index contributed by atoms with van der Waals surface area (Å²) < 4.78 is 5.01. The SMILES string of the molecule is CCCC(CCO)CNC(=O)c1csc(-c2ccoc2)n1. The molecule has 2 N–H and O–H groups in total. The molecule has 2 rings (SSSR count). The fourth-order valence-corrected chi connectivity index (χ4v) is 2.95. The van der Waals surface area contributed by atoms with Crippen LogP contribution in [0, 0.1) is 5.92 Å². The first-order valence-corrected chi connectivity index (χ1v) is 7.99. The lowest BCUT2D eigenvalue weighted by atomic mass is 10.0. The molecule has 0 aliphatic carbocycles. The molecule has 21 heavy (non-hydrogen) atoms. The summed E-state index contributed by atoms with van der Waals surface area (Å²) in [5.74, 6) is 0.149. The van der Waals surface area contributed by atoms with E-state index in [4.69, 9.17) is 9.52 Å². The van der Waals surface area contributed by atoms with Gasteiger partial charge >= 0.3 is 0 Å². The fourth-order valence-electron chi connectivity index (χ4n) is 2.16. The van der Waals surface area contributed by atoms with Gasteiger partial charge in [-0.2, -0.15) is 0 Å². The molecule has 0 spiro atoms. The number of nitrogens with zero attached hydrogens (tertiary/aromatic N) is 1. The van der Waals surface area contributed by atoms with Crippen molar-refractivity contribution in [1.82, 2.24) is 10.3 Å². The van der Waals surface area contributed by atoms with Gasteiger partial charge in [-0.05, 0) is 24.8 Å². The number of amides is 1. The van der Waals surface area contributed by atoms with Crippen LogP contribution in [0.1, 0.15) is 36.7 Å².